The number of aromatic amines is 2. The van der Waals surface area contributed by atoms with Crippen molar-refractivity contribution < 1.29 is 4.43 Å². The summed E-state index contributed by atoms with van der Waals surface area (Å²) in [7, 11) is -3.53. The molecule has 5 rings (SSSR count). The molecule has 0 atom stereocenters. The third kappa shape index (κ3) is 6.09. The van der Waals surface area contributed by atoms with E-state index in [0.717, 1.165) is 56.0 Å². The van der Waals surface area contributed by atoms with Gasteiger partial charge in [-0.1, -0.05) is 46.3 Å². The zero-order valence-corrected chi connectivity index (χ0v) is 26.3. The zero-order valence-electron chi connectivity index (χ0n) is 24.3. The number of hydrogen-bond acceptors (Lipinski definition) is 3. The molecule has 0 saturated carbocycles. The molecule has 39 heavy (non-hydrogen) atoms. The summed E-state index contributed by atoms with van der Waals surface area (Å²) in [4.78, 5) is 17.1. The second kappa shape index (κ2) is 9.94. The third-order valence-electron chi connectivity index (χ3n) is 7.46. The van der Waals surface area contributed by atoms with Crippen molar-refractivity contribution in [2.75, 3.05) is 0 Å². The number of H-pyrrole nitrogens is 2. The fraction of sp³-hybridized carbons (Fsp3) is 0.312. The number of fused-ring (bicyclic) bond motifs is 8. The van der Waals surface area contributed by atoms with Gasteiger partial charge in [0.2, 0.25) is 0 Å². The van der Waals surface area contributed by atoms with Crippen molar-refractivity contribution in [2.45, 2.75) is 65.2 Å². The van der Waals surface area contributed by atoms with Gasteiger partial charge in [0.25, 0.3) is 0 Å². The first kappa shape index (κ1) is 27.1. The van der Waals surface area contributed by atoms with Crippen LogP contribution < -0.4 is 0 Å². The van der Waals surface area contributed by atoms with E-state index in [9.17, 15) is 0 Å². The second-order valence-corrected chi connectivity index (χ2v) is 22.4. The molecule has 2 aliphatic rings. The molecule has 0 amide bonds. The summed E-state index contributed by atoms with van der Waals surface area (Å²) in [6, 6.07) is 12.6. The van der Waals surface area contributed by atoms with Crippen LogP contribution in [0.3, 0.4) is 0 Å². The Morgan fingerprint density at radius 3 is 1.74 bits per heavy atom. The maximum absolute atomic E-state index is 6.68. The summed E-state index contributed by atoms with van der Waals surface area (Å²) in [6.45, 7) is 18.7. The van der Waals surface area contributed by atoms with Gasteiger partial charge in [0.15, 0.2) is 8.32 Å². The molecule has 0 fully saturated rings. The normalized spacial score (nSPS) is 13.4. The van der Waals surface area contributed by atoms with Crippen molar-refractivity contribution in [2.24, 2.45) is 0 Å². The number of aromatic nitrogens is 4. The second-order valence-electron chi connectivity index (χ2n) is 12.9. The highest BCUT2D eigenvalue weighted by Gasteiger charge is 2.37. The van der Waals surface area contributed by atoms with Crippen LogP contribution in [0, 0.1) is 11.5 Å². The molecular weight excluding hydrogens is 513 g/mol. The van der Waals surface area contributed by atoms with Crippen molar-refractivity contribution in [3.63, 3.8) is 0 Å². The molecule has 3 aromatic heterocycles. The third-order valence-corrected chi connectivity index (χ3v) is 12.8. The van der Waals surface area contributed by atoms with E-state index in [1.165, 1.54) is 0 Å². The lowest BCUT2D eigenvalue weighted by atomic mass is 10.2. The highest BCUT2D eigenvalue weighted by Crippen LogP contribution is 2.37. The maximum Gasteiger partial charge on any atom is 0.192 e. The van der Waals surface area contributed by atoms with E-state index in [2.05, 4.69) is 111 Å². The van der Waals surface area contributed by atoms with Crippen molar-refractivity contribution in [1.29, 1.82) is 0 Å². The van der Waals surface area contributed by atoms with E-state index in [1.807, 2.05) is 24.3 Å². The van der Waals surface area contributed by atoms with E-state index in [0.29, 0.717) is 6.61 Å². The Hall–Kier alpha value is -3.45. The SMILES string of the molecule is CC(C)(C)[Si](C)(C)OCc1c2ccc(cc3nc(c(C#C[Si](C)(C)C)c4nc(cc5ccc1[nH]5)C=C4)C=C3)[nH]2. The highest BCUT2D eigenvalue weighted by atomic mass is 28.4. The zero-order chi connectivity index (χ0) is 28.0. The van der Waals surface area contributed by atoms with Crippen molar-refractivity contribution in [1.82, 2.24) is 19.9 Å². The van der Waals surface area contributed by atoms with Crippen LogP contribution in [0.5, 0.6) is 0 Å². The van der Waals surface area contributed by atoms with Crippen LogP contribution in [0.15, 0.2) is 36.4 Å². The summed E-state index contributed by atoms with van der Waals surface area (Å²) in [5, 5.41) is 0.132. The lowest BCUT2D eigenvalue weighted by Crippen LogP contribution is -2.40. The Labute approximate surface area is 233 Å². The van der Waals surface area contributed by atoms with Crippen molar-refractivity contribution in [3.05, 3.63) is 70.3 Å². The van der Waals surface area contributed by atoms with E-state index in [1.54, 1.807) is 0 Å². The average molecular weight is 551 g/mol. The van der Waals surface area contributed by atoms with Gasteiger partial charge in [-0.25, -0.2) is 9.97 Å². The molecule has 8 bridgehead atoms. The summed E-state index contributed by atoms with van der Waals surface area (Å²) < 4.78 is 6.68. The molecule has 0 saturated heterocycles. The van der Waals surface area contributed by atoms with Gasteiger partial charge >= 0.3 is 0 Å². The predicted molar refractivity (Wildman–Crippen MR) is 171 cm³/mol. The van der Waals surface area contributed by atoms with Gasteiger partial charge in [0.05, 0.1) is 34.9 Å². The van der Waals surface area contributed by atoms with Crippen LogP contribution in [0.1, 0.15) is 54.7 Å². The molecule has 0 radical (unpaired) electrons. The van der Waals surface area contributed by atoms with E-state index in [4.69, 9.17) is 14.4 Å². The molecule has 0 spiro atoms. The Morgan fingerprint density at radius 2 is 1.28 bits per heavy atom. The first-order chi connectivity index (χ1) is 18.3. The summed E-state index contributed by atoms with van der Waals surface area (Å²) in [5.74, 6) is 3.44. The van der Waals surface area contributed by atoms with Gasteiger partial charge in [-0.15, -0.1) is 5.54 Å². The van der Waals surface area contributed by atoms with Crippen LogP contribution >= 0.6 is 0 Å². The topological polar surface area (TPSA) is 66.6 Å². The maximum atomic E-state index is 6.68. The van der Waals surface area contributed by atoms with E-state index < -0.39 is 16.4 Å². The smallest absolute Gasteiger partial charge is 0.192 e. The molecule has 0 aromatic carbocycles. The fourth-order valence-electron chi connectivity index (χ4n) is 4.14. The molecule has 200 valence electrons. The van der Waals surface area contributed by atoms with Gasteiger partial charge in [-0.2, -0.15) is 0 Å². The first-order valence-electron chi connectivity index (χ1n) is 13.5. The first-order valence-corrected chi connectivity index (χ1v) is 19.9. The Kier molecular flexibility index (Phi) is 6.92. The molecule has 5 nitrogen and oxygen atoms in total. The number of hydrogen-bond donors (Lipinski definition) is 2. The van der Waals surface area contributed by atoms with Crippen molar-refractivity contribution >= 4 is 62.8 Å². The predicted octanol–water partition coefficient (Wildman–Crippen LogP) is 8.41. The van der Waals surface area contributed by atoms with Crippen LogP contribution in [0.2, 0.25) is 37.8 Å². The van der Waals surface area contributed by atoms with Crippen LogP contribution in [0.25, 0.3) is 46.4 Å². The largest absolute Gasteiger partial charge is 0.412 e. The van der Waals surface area contributed by atoms with Gasteiger partial charge in [0.1, 0.15) is 8.07 Å². The standard InChI is InChI=1S/C32H38N4OSi2/c1-32(2,3)39(7,8)37-21-27-30-15-11-24(35-30)19-22-9-13-28(33-22)26(17-18-38(4,5)6)29-14-10-23(34-29)20-25-12-16-31(27)36-25/h9-16,19-20,35-36H,21H2,1-8H3. The average Bonchev–Trinajstić information content (AvgIpc) is 3.62. The summed E-state index contributed by atoms with van der Waals surface area (Å²) >= 11 is 0. The molecule has 0 unspecified atom stereocenters. The van der Waals surface area contributed by atoms with Crippen LogP contribution in [-0.2, 0) is 11.0 Å². The quantitative estimate of drug-likeness (QED) is 0.175. The minimum Gasteiger partial charge on any atom is -0.412 e. The Bertz CT molecular complexity index is 1620. The summed E-state index contributed by atoms with van der Waals surface area (Å²) in [6.07, 6.45) is 8.17. The Morgan fingerprint density at radius 1 is 0.769 bits per heavy atom. The lowest BCUT2D eigenvalue weighted by molar-refractivity contribution is 0.278. The lowest BCUT2D eigenvalue weighted by Gasteiger charge is -2.36. The van der Waals surface area contributed by atoms with Gasteiger partial charge in [-0.3, -0.25) is 0 Å². The van der Waals surface area contributed by atoms with Gasteiger partial charge in [0, 0.05) is 27.6 Å². The summed E-state index contributed by atoms with van der Waals surface area (Å²) in [5.41, 5.74) is 13.0. The minimum absolute atomic E-state index is 0.132. The molecule has 0 aliphatic carbocycles. The number of nitrogens with one attached hydrogen (secondary N) is 2. The van der Waals surface area contributed by atoms with E-state index in [-0.39, 0.29) is 5.04 Å². The fourth-order valence-corrected chi connectivity index (χ4v) is 5.58. The molecule has 3 aromatic rings. The monoisotopic (exact) mass is 550 g/mol. The highest BCUT2D eigenvalue weighted by molar-refractivity contribution is 6.83. The van der Waals surface area contributed by atoms with E-state index >= 15 is 0 Å². The number of nitrogens with zero attached hydrogens (tertiary/aromatic N) is 2. The van der Waals surface area contributed by atoms with Crippen LogP contribution in [-0.4, -0.2) is 36.3 Å². The molecular formula is C32H38N4OSi2. The minimum atomic E-state index is -1.94. The van der Waals surface area contributed by atoms with Gasteiger partial charge < -0.3 is 14.4 Å². The van der Waals surface area contributed by atoms with Gasteiger partial charge in [-0.05, 0) is 78.8 Å². The van der Waals surface area contributed by atoms with Crippen molar-refractivity contribution in [3.8, 4) is 11.5 Å². The Balaban J connectivity index is 1.75. The molecule has 5 heterocycles. The number of rotatable bonds is 3. The van der Waals surface area contributed by atoms with Crippen LogP contribution in [0.4, 0.5) is 0 Å². The molecule has 2 N–H and O–H groups in total. The molecule has 2 aliphatic heterocycles. The molecule has 7 heteroatoms.